The van der Waals surface area contributed by atoms with Crippen molar-refractivity contribution in [3.05, 3.63) is 23.4 Å². The second-order valence-corrected chi connectivity index (χ2v) is 6.05. The van der Waals surface area contributed by atoms with E-state index in [4.69, 9.17) is 0 Å². The molecule has 4 heteroatoms. The van der Waals surface area contributed by atoms with Crippen LogP contribution >= 0.6 is 0 Å². The fourth-order valence-electron chi connectivity index (χ4n) is 2.95. The molecule has 0 radical (unpaired) electrons. The zero-order chi connectivity index (χ0) is 14.7. The average molecular weight is 276 g/mol. The van der Waals surface area contributed by atoms with E-state index in [0.717, 1.165) is 37.5 Å². The number of hydrogen-bond donors (Lipinski definition) is 1. The highest BCUT2D eigenvalue weighted by Gasteiger charge is 2.23. The minimum Gasteiger partial charge on any atom is -0.478 e. The molecule has 0 saturated carbocycles. The number of aromatic nitrogens is 1. The van der Waals surface area contributed by atoms with Crippen molar-refractivity contribution < 1.29 is 9.90 Å². The lowest BCUT2D eigenvalue weighted by Crippen LogP contribution is -2.27. The smallest absolute Gasteiger partial charge is 0.339 e. The molecule has 0 aromatic carbocycles. The van der Waals surface area contributed by atoms with E-state index in [2.05, 4.69) is 23.7 Å². The molecule has 20 heavy (non-hydrogen) atoms. The summed E-state index contributed by atoms with van der Waals surface area (Å²) in [6.45, 7) is 8.26. The summed E-state index contributed by atoms with van der Waals surface area (Å²) in [6.07, 6.45) is 3.45. The summed E-state index contributed by atoms with van der Waals surface area (Å²) in [4.78, 5) is 18.0. The summed E-state index contributed by atoms with van der Waals surface area (Å²) >= 11 is 0. The Morgan fingerprint density at radius 2 is 2.10 bits per heavy atom. The van der Waals surface area contributed by atoms with Gasteiger partial charge in [0.25, 0.3) is 0 Å². The normalized spacial score (nSPS) is 20.0. The standard InChI is InChI=1S/C16H24N2O2/c1-11(2)13-5-4-9-18(10-8-13)15-14(16(19)20)7-6-12(3)17-15/h6-7,11,13H,4-5,8-10H2,1-3H3,(H,19,20). The lowest BCUT2D eigenvalue weighted by Gasteiger charge is -2.24. The van der Waals surface area contributed by atoms with Gasteiger partial charge in [-0.2, -0.15) is 0 Å². The monoisotopic (exact) mass is 276 g/mol. The van der Waals surface area contributed by atoms with Crippen LogP contribution in [-0.2, 0) is 0 Å². The quantitative estimate of drug-likeness (QED) is 0.920. The van der Waals surface area contributed by atoms with Crippen molar-refractivity contribution >= 4 is 11.8 Å². The van der Waals surface area contributed by atoms with Crippen LogP contribution in [0.3, 0.4) is 0 Å². The van der Waals surface area contributed by atoms with Gasteiger partial charge in [0.05, 0.1) is 0 Å². The molecule has 1 atom stereocenters. The molecule has 1 saturated heterocycles. The van der Waals surface area contributed by atoms with Crippen LogP contribution in [0, 0.1) is 18.8 Å². The van der Waals surface area contributed by atoms with E-state index in [9.17, 15) is 9.90 Å². The summed E-state index contributed by atoms with van der Waals surface area (Å²) < 4.78 is 0. The van der Waals surface area contributed by atoms with Crippen LogP contribution in [-0.4, -0.2) is 29.1 Å². The Bertz CT molecular complexity index is 485. The Hall–Kier alpha value is -1.58. The Balaban J connectivity index is 2.23. The van der Waals surface area contributed by atoms with Gasteiger partial charge in [0.15, 0.2) is 0 Å². The van der Waals surface area contributed by atoms with Gasteiger partial charge < -0.3 is 10.0 Å². The first-order valence-electron chi connectivity index (χ1n) is 7.45. The van der Waals surface area contributed by atoms with Crippen LogP contribution in [0.15, 0.2) is 12.1 Å². The molecule has 2 rings (SSSR count). The Labute approximate surface area is 120 Å². The molecule has 1 unspecified atom stereocenters. The summed E-state index contributed by atoms with van der Waals surface area (Å²) in [5, 5.41) is 9.33. The molecule has 1 aliphatic rings. The summed E-state index contributed by atoms with van der Waals surface area (Å²) in [7, 11) is 0. The molecule has 0 bridgehead atoms. The number of aryl methyl sites for hydroxylation is 1. The van der Waals surface area contributed by atoms with E-state index >= 15 is 0 Å². The zero-order valence-corrected chi connectivity index (χ0v) is 12.6. The van der Waals surface area contributed by atoms with Gasteiger partial charge in [-0.05, 0) is 50.2 Å². The van der Waals surface area contributed by atoms with E-state index in [1.807, 2.05) is 6.92 Å². The lowest BCUT2D eigenvalue weighted by molar-refractivity contribution is 0.0697. The maximum absolute atomic E-state index is 11.4. The van der Waals surface area contributed by atoms with E-state index in [-0.39, 0.29) is 0 Å². The minimum atomic E-state index is -0.892. The first-order valence-corrected chi connectivity index (χ1v) is 7.45. The van der Waals surface area contributed by atoms with E-state index < -0.39 is 5.97 Å². The highest BCUT2D eigenvalue weighted by Crippen LogP contribution is 2.28. The van der Waals surface area contributed by atoms with Crippen molar-refractivity contribution in [2.24, 2.45) is 11.8 Å². The molecule has 1 fully saturated rings. The number of aromatic carboxylic acids is 1. The number of hydrogen-bond acceptors (Lipinski definition) is 3. The SMILES string of the molecule is Cc1ccc(C(=O)O)c(N2CCCC(C(C)C)CC2)n1. The summed E-state index contributed by atoms with van der Waals surface area (Å²) in [6, 6.07) is 3.44. The van der Waals surface area contributed by atoms with E-state index in [1.165, 1.54) is 6.42 Å². The molecular weight excluding hydrogens is 252 g/mol. The van der Waals surface area contributed by atoms with Gasteiger partial charge in [-0.3, -0.25) is 0 Å². The number of carbonyl (C=O) groups is 1. The van der Waals surface area contributed by atoms with Gasteiger partial charge in [0.2, 0.25) is 0 Å². The van der Waals surface area contributed by atoms with E-state index in [0.29, 0.717) is 17.3 Å². The second kappa shape index (κ2) is 6.25. The van der Waals surface area contributed by atoms with Gasteiger partial charge in [0, 0.05) is 18.8 Å². The van der Waals surface area contributed by atoms with Crippen molar-refractivity contribution in [2.75, 3.05) is 18.0 Å². The van der Waals surface area contributed by atoms with Gasteiger partial charge in [-0.25, -0.2) is 9.78 Å². The Kier molecular flexibility index (Phi) is 4.63. The van der Waals surface area contributed by atoms with Crippen LogP contribution in [0.25, 0.3) is 0 Å². The molecule has 110 valence electrons. The largest absolute Gasteiger partial charge is 0.478 e. The number of pyridine rings is 1. The van der Waals surface area contributed by atoms with Crippen LogP contribution in [0.4, 0.5) is 5.82 Å². The lowest BCUT2D eigenvalue weighted by atomic mass is 9.89. The fourth-order valence-corrected chi connectivity index (χ4v) is 2.95. The first-order chi connectivity index (χ1) is 9.49. The molecule has 0 aliphatic carbocycles. The van der Waals surface area contributed by atoms with Gasteiger partial charge in [-0.1, -0.05) is 13.8 Å². The van der Waals surface area contributed by atoms with Gasteiger partial charge >= 0.3 is 5.97 Å². The predicted molar refractivity (Wildman–Crippen MR) is 80.3 cm³/mol. The Morgan fingerprint density at radius 1 is 1.35 bits per heavy atom. The maximum atomic E-state index is 11.4. The molecule has 0 spiro atoms. The number of carboxylic acid groups (broad SMARTS) is 1. The topological polar surface area (TPSA) is 53.4 Å². The number of rotatable bonds is 3. The molecule has 2 heterocycles. The number of carboxylic acids is 1. The third-order valence-corrected chi connectivity index (χ3v) is 4.26. The van der Waals surface area contributed by atoms with Crippen LogP contribution in [0.5, 0.6) is 0 Å². The predicted octanol–water partition coefficient (Wildman–Crippen LogP) is 3.35. The van der Waals surface area contributed by atoms with Gasteiger partial charge in [0.1, 0.15) is 11.4 Å². The van der Waals surface area contributed by atoms with Crippen LogP contribution in [0.1, 0.15) is 49.2 Å². The number of nitrogens with zero attached hydrogens (tertiary/aromatic N) is 2. The molecular formula is C16H24N2O2. The first kappa shape index (κ1) is 14.8. The minimum absolute atomic E-state index is 0.318. The van der Waals surface area contributed by atoms with Crippen molar-refractivity contribution in [3.8, 4) is 0 Å². The molecule has 4 nitrogen and oxygen atoms in total. The molecule has 1 aromatic rings. The molecule has 0 amide bonds. The van der Waals surface area contributed by atoms with Crippen molar-refractivity contribution in [2.45, 2.75) is 40.0 Å². The number of anilines is 1. The third kappa shape index (κ3) is 3.30. The van der Waals surface area contributed by atoms with Crippen LogP contribution < -0.4 is 4.90 Å². The second-order valence-electron chi connectivity index (χ2n) is 6.05. The van der Waals surface area contributed by atoms with Crippen molar-refractivity contribution in [1.29, 1.82) is 0 Å². The summed E-state index contributed by atoms with van der Waals surface area (Å²) in [5.74, 6) is 1.18. The highest BCUT2D eigenvalue weighted by molar-refractivity contribution is 5.93. The maximum Gasteiger partial charge on any atom is 0.339 e. The van der Waals surface area contributed by atoms with E-state index in [1.54, 1.807) is 12.1 Å². The van der Waals surface area contributed by atoms with Crippen molar-refractivity contribution in [1.82, 2.24) is 4.98 Å². The average Bonchev–Trinajstić information content (AvgIpc) is 2.63. The van der Waals surface area contributed by atoms with Crippen molar-refractivity contribution in [3.63, 3.8) is 0 Å². The van der Waals surface area contributed by atoms with Crippen LogP contribution in [0.2, 0.25) is 0 Å². The van der Waals surface area contributed by atoms with Gasteiger partial charge in [-0.15, -0.1) is 0 Å². The molecule has 1 aromatic heterocycles. The molecule has 1 N–H and O–H groups in total. The zero-order valence-electron chi connectivity index (χ0n) is 12.6. The highest BCUT2D eigenvalue weighted by atomic mass is 16.4. The molecule has 1 aliphatic heterocycles. The fraction of sp³-hybridized carbons (Fsp3) is 0.625. The Morgan fingerprint density at radius 3 is 2.75 bits per heavy atom. The third-order valence-electron chi connectivity index (χ3n) is 4.26. The summed E-state index contributed by atoms with van der Waals surface area (Å²) in [5.41, 5.74) is 1.19.